The molecule has 2 heterocycles. The van der Waals surface area contributed by atoms with Crippen molar-refractivity contribution in [3.63, 3.8) is 0 Å². The van der Waals surface area contributed by atoms with Crippen LogP contribution in [-0.2, 0) is 4.79 Å². The largest absolute Gasteiger partial charge is 0.351 e. The Morgan fingerprint density at radius 1 is 1.11 bits per heavy atom. The fourth-order valence-corrected chi connectivity index (χ4v) is 4.77. The van der Waals surface area contributed by atoms with Crippen LogP contribution >= 0.6 is 22.9 Å². The molecule has 2 aromatic heterocycles. The van der Waals surface area contributed by atoms with Gasteiger partial charge in [0.25, 0.3) is 5.91 Å². The van der Waals surface area contributed by atoms with Crippen LogP contribution in [0.1, 0.15) is 47.1 Å². The molecule has 28 heavy (non-hydrogen) atoms. The van der Waals surface area contributed by atoms with Crippen LogP contribution in [0.4, 0.5) is 5.69 Å². The van der Waals surface area contributed by atoms with Crippen molar-refractivity contribution in [2.75, 3.05) is 4.90 Å². The summed E-state index contributed by atoms with van der Waals surface area (Å²) in [5.41, 5.74) is 0.893. The number of benzene rings is 1. The number of anilines is 1. The van der Waals surface area contributed by atoms with E-state index in [1.54, 1.807) is 5.38 Å². The molecule has 1 unspecified atom stereocenters. The molecule has 1 aliphatic rings. The first-order valence-corrected chi connectivity index (χ1v) is 10.9. The Hall–Kier alpha value is -2.58. The van der Waals surface area contributed by atoms with Crippen LogP contribution in [-0.4, -0.2) is 27.4 Å². The van der Waals surface area contributed by atoms with Crippen LogP contribution in [0.25, 0.3) is 0 Å². The Morgan fingerprint density at radius 2 is 1.89 bits per heavy atom. The van der Waals surface area contributed by atoms with Gasteiger partial charge in [0.1, 0.15) is 0 Å². The predicted octanol–water partition coefficient (Wildman–Crippen LogP) is 4.05. The molecule has 8 heteroatoms. The summed E-state index contributed by atoms with van der Waals surface area (Å²) >= 11 is 2.58. The highest BCUT2D eigenvalue weighted by atomic mass is 32.1. The molecule has 6 nitrogen and oxygen atoms in total. The van der Waals surface area contributed by atoms with E-state index in [1.165, 1.54) is 16.2 Å². The van der Waals surface area contributed by atoms with E-state index in [4.69, 9.17) is 0 Å². The number of nitrogens with zero attached hydrogens (tertiary/aromatic N) is 3. The standard InChI is InChI=1S/C20H20N4O2S2/c25-19(21-14-7-4-5-8-14)18(17-11-6-12-27-17)24(15-9-2-1-3-10-15)20(26)16-13-28-23-22-16/h1-3,6,9-14,18H,4-5,7-8H2,(H,21,25). The van der Waals surface area contributed by atoms with Gasteiger partial charge in [0.15, 0.2) is 11.7 Å². The molecule has 144 valence electrons. The lowest BCUT2D eigenvalue weighted by molar-refractivity contribution is -0.123. The van der Waals surface area contributed by atoms with Crippen LogP contribution < -0.4 is 10.2 Å². The summed E-state index contributed by atoms with van der Waals surface area (Å²) in [5.74, 6) is -0.491. The van der Waals surface area contributed by atoms with E-state index in [9.17, 15) is 9.59 Å². The summed E-state index contributed by atoms with van der Waals surface area (Å²) in [7, 11) is 0. The number of rotatable bonds is 6. The monoisotopic (exact) mass is 412 g/mol. The highest BCUT2D eigenvalue weighted by Gasteiger charge is 2.36. The van der Waals surface area contributed by atoms with Crippen molar-refractivity contribution < 1.29 is 9.59 Å². The van der Waals surface area contributed by atoms with Crippen molar-refractivity contribution in [2.45, 2.75) is 37.8 Å². The number of nitrogens with one attached hydrogen (secondary N) is 1. The molecule has 1 aromatic carbocycles. The summed E-state index contributed by atoms with van der Waals surface area (Å²) in [4.78, 5) is 29.0. The maximum atomic E-state index is 13.4. The van der Waals surface area contributed by atoms with Crippen molar-refractivity contribution >= 4 is 40.4 Å². The van der Waals surface area contributed by atoms with Gasteiger partial charge in [-0.15, -0.1) is 16.4 Å². The van der Waals surface area contributed by atoms with Gasteiger partial charge in [-0.2, -0.15) is 0 Å². The normalized spacial score (nSPS) is 15.3. The summed E-state index contributed by atoms with van der Waals surface area (Å²) in [6, 6.07) is 12.5. The molecule has 4 rings (SSSR count). The van der Waals surface area contributed by atoms with Crippen molar-refractivity contribution in [1.29, 1.82) is 0 Å². The van der Waals surface area contributed by atoms with E-state index in [0.717, 1.165) is 42.1 Å². The molecule has 1 fully saturated rings. The molecule has 1 saturated carbocycles. The summed E-state index contributed by atoms with van der Waals surface area (Å²) in [6.45, 7) is 0. The lowest BCUT2D eigenvalue weighted by Gasteiger charge is -2.30. The third-order valence-electron chi connectivity index (χ3n) is 4.85. The molecular formula is C20H20N4O2S2. The Labute approximate surface area is 171 Å². The number of para-hydroxylation sites is 1. The van der Waals surface area contributed by atoms with Gasteiger partial charge in [-0.1, -0.05) is 41.6 Å². The van der Waals surface area contributed by atoms with Gasteiger partial charge in [0, 0.05) is 22.0 Å². The van der Waals surface area contributed by atoms with E-state index in [2.05, 4.69) is 14.9 Å². The number of hydrogen-bond acceptors (Lipinski definition) is 6. The fraction of sp³-hybridized carbons (Fsp3) is 0.300. The second-order valence-electron chi connectivity index (χ2n) is 6.71. The van der Waals surface area contributed by atoms with Gasteiger partial charge in [-0.3, -0.25) is 14.5 Å². The average molecular weight is 413 g/mol. The zero-order chi connectivity index (χ0) is 19.3. The maximum absolute atomic E-state index is 13.4. The van der Waals surface area contributed by atoms with Crippen LogP contribution in [0, 0.1) is 0 Å². The molecular weight excluding hydrogens is 392 g/mol. The number of aromatic nitrogens is 2. The number of thiophene rings is 1. The average Bonchev–Trinajstić information content (AvgIpc) is 3.49. The Morgan fingerprint density at radius 3 is 2.54 bits per heavy atom. The first kappa shape index (κ1) is 18.8. The van der Waals surface area contributed by atoms with E-state index in [1.807, 2.05) is 47.8 Å². The Bertz CT molecular complexity index is 907. The molecule has 0 bridgehead atoms. The predicted molar refractivity (Wildman–Crippen MR) is 111 cm³/mol. The second-order valence-corrected chi connectivity index (χ2v) is 8.30. The van der Waals surface area contributed by atoms with Crippen LogP contribution in [0.5, 0.6) is 0 Å². The number of carbonyl (C=O) groups is 2. The first-order chi connectivity index (χ1) is 13.7. The van der Waals surface area contributed by atoms with Crippen molar-refractivity contribution in [1.82, 2.24) is 14.9 Å². The number of carbonyl (C=O) groups excluding carboxylic acids is 2. The third-order valence-corrected chi connectivity index (χ3v) is 6.28. The molecule has 0 radical (unpaired) electrons. The number of amides is 2. The smallest absolute Gasteiger partial charge is 0.280 e. The van der Waals surface area contributed by atoms with Crippen LogP contribution in [0.3, 0.4) is 0 Å². The van der Waals surface area contributed by atoms with Crippen LogP contribution in [0.2, 0.25) is 0 Å². The minimum atomic E-state index is -0.753. The maximum Gasteiger partial charge on any atom is 0.280 e. The summed E-state index contributed by atoms with van der Waals surface area (Å²) < 4.78 is 3.82. The fourth-order valence-electron chi connectivity index (χ4n) is 3.52. The van der Waals surface area contributed by atoms with Gasteiger partial charge in [-0.05, 0) is 48.0 Å². The molecule has 0 aliphatic heterocycles. The van der Waals surface area contributed by atoms with E-state index >= 15 is 0 Å². The number of hydrogen-bond donors (Lipinski definition) is 1. The van der Waals surface area contributed by atoms with Gasteiger partial charge in [0.05, 0.1) is 0 Å². The first-order valence-electron chi connectivity index (χ1n) is 9.23. The van der Waals surface area contributed by atoms with E-state index in [-0.39, 0.29) is 23.6 Å². The summed E-state index contributed by atoms with van der Waals surface area (Å²) in [5, 5.41) is 10.6. The van der Waals surface area contributed by atoms with Gasteiger partial charge < -0.3 is 5.32 Å². The lowest BCUT2D eigenvalue weighted by atomic mass is 10.1. The molecule has 0 saturated heterocycles. The Balaban J connectivity index is 1.74. The molecule has 1 N–H and O–H groups in total. The summed E-state index contributed by atoms with van der Waals surface area (Å²) in [6.07, 6.45) is 4.22. The zero-order valence-electron chi connectivity index (χ0n) is 15.2. The SMILES string of the molecule is O=C(NC1CCCC1)C(c1cccs1)N(C(=O)c1csnn1)c1ccccc1. The van der Waals surface area contributed by atoms with Crippen LogP contribution in [0.15, 0.2) is 53.2 Å². The molecule has 3 aromatic rings. The molecule has 1 aliphatic carbocycles. The highest BCUT2D eigenvalue weighted by molar-refractivity contribution is 7.10. The lowest BCUT2D eigenvalue weighted by Crippen LogP contribution is -2.46. The topological polar surface area (TPSA) is 75.2 Å². The third kappa shape index (κ3) is 3.98. The van der Waals surface area contributed by atoms with Gasteiger partial charge in [0.2, 0.25) is 5.91 Å². The Kier molecular flexibility index (Phi) is 5.78. The zero-order valence-corrected chi connectivity index (χ0v) is 16.8. The van der Waals surface area contributed by atoms with Crippen molar-refractivity contribution in [3.05, 3.63) is 63.8 Å². The second kappa shape index (κ2) is 8.62. The van der Waals surface area contributed by atoms with E-state index in [0.29, 0.717) is 5.69 Å². The molecule has 1 atom stereocenters. The van der Waals surface area contributed by atoms with Gasteiger partial charge >= 0.3 is 0 Å². The van der Waals surface area contributed by atoms with Crippen molar-refractivity contribution in [2.24, 2.45) is 0 Å². The van der Waals surface area contributed by atoms with Gasteiger partial charge in [-0.25, -0.2) is 0 Å². The highest BCUT2D eigenvalue weighted by Crippen LogP contribution is 2.32. The van der Waals surface area contributed by atoms with E-state index < -0.39 is 6.04 Å². The molecule has 2 amide bonds. The minimum Gasteiger partial charge on any atom is -0.351 e. The molecule has 0 spiro atoms. The minimum absolute atomic E-state index is 0.158. The van der Waals surface area contributed by atoms with Crippen molar-refractivity contribution in [3.8, 4) is 0 Å². The quantitative estimate of drug-likeness (QED) is 0.663.